The summed E-state index contributed by atoms with van der Waals surface area (Å²) in [5, 5.41) is 11.5. The molecular weight excluding hydrogens is 340 g/mol. The number of amides is 2. The van der Waals surface area contributed by atoms with Crippen LogP contribution in [0, 0.1) is 0 Å². The van der Waals surface area contributed by atoms with Crippen molar-refractivity contribution in [1.29, 1.82) is 0 Å². The Morgan fingerprint density at radius 2 is 1.81 bits per heavy atom. The summed E-state index contributed by atoms with van der Waals surface area (Å²) < 4.78 is 10.2. The number of nitrogens with one attached hydrogen (secondary N) is 1. The minimum atomic E-state index is -1.16. The number of carbonyl (C=O) groups is 3. The minimum Gasteiger partial charge on any atom is -0.478 e. The lowest BCUT2D eigenvalue weighted by Gasteiger charge is -2.26. The van der Waals surface area contributed by atoms with Crippen LogP contribution in [0.1, 0.15) is 26.5 Å². The molecule has 3 rings (SSSR count). The van der Waals surface area contributed by atoms with E-state index in [9.17, 15) is 14.4 Å². The summed E-state index contributed by atoms with van der Waals surface area (Å²) in [6.45, 7) is 2.34. The molecule has 0 saturated carbocycles. The number of hydrogen-bond donors (Lipinski definition) is 2. The SMILES string of the molecule is O=C(O)c1coc(C(=O)Nc2ccc(CC(=O)N3CCOCC3)cc2)c1. The summed E-state index contributed by atoms with van der Waals surface area (Å²) >= 11 is 0. The van der Waals surface area contributed by atoms with Crippen molar-refractivity contribution in [3.05, 3.63) is 53.5 Å². The second-order valence-corrected chi connectivity index (χ2v) is 5.83. The van der Waals surface area contributed by atoms with Gasteiger partial charge in [-0.05, 0) is 17.7 Å². The van der Waals surface area contributed by atoms with Gasteiger partial charge in [0.15, 0.2) is 5.76 Å². The van der Waals surface area contributed by atoms with E-state index in [0.29, 0.717) is 32.0 Å². The second kappa shape index (κ2) is 7.83. The van der Waals surface area contributed by atoms with Crippen LogP contribution in [-0.4, -0.2) is 54.1 Å². The number of nitrogens with zero attached hydrogens (tertiary/aromatic N) is 1. The average Bonchev–Trinajstić information content (AvgIpc) is 3.15. The normalized spacial score (nSPS) is 14.1. The predicted molar refractivity (Wildman–Crippen MR) is 91.2 cm³/mol. The van der Waals surface area contributed by atoms with Crippen molar-refractivity contribution in [1.82, 2.24) is 4.90 Å². The molecule has 2 heterocycles. The number of anilines is 1. The fraction of sp³-hybridized carbons (Fsp3) is 0.278. The van der Waals surface area contributed by atoms with Crippen molar-refractivity contribution >= 4 is 23.5 Å². The first kappa shape index (κ1) is 17.7. The van der Waals surface area contributed by atoms with Gasteiger partial charge in [0.05, 0.1) is 25.2 Å². The van der Waals surface area contributed by atoms with Crippen molar-refractivity contribution < 1.29 is 28.6 Å². The number of carboxylic acids is 1. The number of rotatable bonds is 5. The topological polar surface area (TPSA) is 109 Å². The van der Waals surface area contributed by atoms with Crippen molar-refractivity contribution in [2.24, 2.45) is 0 Å². The van der Waals surface area contributed by atoms with Gasteiger partial charge in [-0.1, -0.05) is 12.1 Å². The molecule has 1 saturated heterocycles. The Kier molecular flexibility index (Phi) is 5.33. The maximum absolute atomic E-state index is 12.2. The fourth-order valence-electron chi connectivity index (χ4n) is 2.57. The van der Waals surface area contributed by atoms with Gasteiger partial charge in [-0.15, -0.1) is 0 Å². The first-order valence-electron chi connectivity index (χ1n) is 8.10. The van der Waals surface area contributed by atoms with Crippen LogP contribution in [0.15, 0.2) is 41.0 Å². The maximum Gasteiger partial charge on any atom is 0.338 e. The van der Waals surface area contributed by atoms with Crippen LogP contribution in [0.4, 0.5) is 5.69 Å². The van der Waals surface area contributed by atoms with Crippen LogP contribution < -0.4 is 5.32 Å². The molecule has 2 aromatic rings. The van der Waals surface area contributed by atoms with E-state index in [0.717, 1.165) is 17.9 Å². The first-order valence-corrected chi connectivity index (χ1v) is 8.10. The highest BCUT2D eigenvalue weighted by atomic mass is 16.5. The summed E-state index contributed by atoms with van der Waals surface area (Å²) in [6, 6.07) is 8.05. The molecule has 0 spiro atoms. The van der Waals surface area contributed by atoms with Crippen LogP contribution >= 0.6 is 0 Å². The third-order valence-electron chi connectivity index (χ3n) is 4.00. The molecule has 0 bridgehead atoms. The number of morpholine rings is 1. The van der Waals surface area contributed by atoms with Gasteiger partial charge < -0.3 is 24.5 Å². The molecule has 0 aliphatic carbocycles. The summed E-state index contributed by atoms with van der Waals surface area (Å²) in [5.74, 6) is -1.76. The summed E-state index contributed by atoms with van der Waals surface area (Å²) in [5.41, 5.74) is 1.27. The molecule has 1 fully saturated rings. The van der Waals surface area contributed by atoms with E-state index in [4.69, 9.17) is 14.3 Å². The molecule has 1 aromatic carbocycles. The molecule has 1 aliphatic heterocycles. The molecule has 8 nitrogen and oxygen atoms in total. The van der Waals surface area contributed by atoms with Gasteiger partial charge in [-0.25, -0.2) is 4.79 Å². The van der Waals surface area contributed by atoms with Crippen LogP contribution in [-0.2, 0) is 16.0 Å². The third-order valence-corrected chi connectivity index (χ3v) is 4.00. The number of hydrogen-bond acceptors (Lipinski definition) is 5. The van der Waals surface area contributed by atoms with E-state index in [1.807, 2.05) is 0 Å². The van der Waals surface area contributed by atoms with E-state index in [2.05, 4.69) is 5.32 Å². The Morgan fingerprint density at radius 1 is 1.12 bits per heavy atom. The van der Waals surface area contributed by atoms with Gasteiger partial charge in [-0.3, -0.25) is 9.59 Å². The Morgan fingerprint density at radius 3 is 2.42 bits per heavy atom. The van der Waals surface area contributed by atoms with E-state index >= 15 is 0 Å². The molecule has 26 heavy (non-hydrogen) atoms. The lowest BCUT2D eigenvalue weighted by molar-refractivity contribution is -0.134. The zero-order chi connectivity index (χ0) is 18.5. The third kappa shape index (κ3) is 4.28. The lowest BCUT2D eigenvalue weighted by Crippen LogP contribution is -2.41. The van der Waals surface area contributed by atoms with Gasteiger partial charge in [-0.2, -0.15) is 0 Å². The van der Waals surface area contributed by atoms with E-state index in [-0.39, 0.29) is 23.7 Å². The van der Waals surface area contributed by atoms with Crippen molar-refractivity contribution in [2.45, 2.75) is 6.42 Å². The molecule has 0 unspecified atom stereocenters. The molecule has 2 amide bonds. The molecule has 8 heteroatoms. The molecule has 1 aliphatic rings. The Bertz CT molecular complexity index is 805. The summed E-state index contributed by atoms with van der Waals surface area (Å²) in [6.07, 6.45) is 1.30. The van der Waals surface area contributed by atoms with Gasteiger partial charge in [0.2, 0.25) is 5.91 Å². The van der Waals surface area contributed by atoms with Gasteiger partial charge in [0.1, 0.15) is 6.26 Å². The summed E-state index contributed by atoms with van der Waals surface area (Å²) in [7, 11) is 0. The molecule has 136 valence electrons. The zero-order valence-corrected chi connectivity index (χ0v) is 13.9. The van der Waals surface area contributed by atoms with Crippen LogP contribution in [0.5, 0.6) is 0 Å². The molecular formula is C18H18N2O6. The van der Waals surface area contributed by atoms with Crippen molar-refractivity contribution in [2.75, 3.05) is 31.6 Å². The van der Waals surface area contributed by atoms with Gasteiger partial charge in [0, 0.05) is 24.8 Å². The number of carboxylic acid groups (broad SMARTS) is 1. The largest absolute Gasteiger partial charge is 0.478 e. The van der Waals surface area contributed by atoms with Crippen LogP contribution in [0.2, 0.25) is 0 Å². The molecule has 2 N–H and O–H groups in total. The highest BCUT2D eigenvalue weighted by Gasteiger charge is 2.17. The minimum absolute atomic E-state index is 0.0434. The monoisotopic (exact) mass is 358 g/mol. The smallest absolute Gasteiger partial charge is 0.338 e. The number of carbonyl (C=O) groups excluding carboxylic acids is 2. The van der Waals surface area contributed by atoms with Gasteiger partial charge >= 0.3 is 5.97 Å². The summed E-state index contributed by atoms with van der Waals surface area (Å²) in [4.78, 5) is 36.8. The number of furan rings is 1. The Hall–Kier alpha value is -3.13. The fourth-order valence-corrected chi connectivity index (χ4v) is 2.57. The quantitative estimate of drug-likeness (QED) is 0.841. The number of ether oxygens (including phenoxy) is 1. The highest BCUT2D eigenvalue weighted by molar-refractivity contribution is 6.03. The first-order chi connectivity index (χ1) is 12.5. The number of benzene rings is 1. The van der Waals surface area contributed by atoms with E-state index < -0.39 is 11.9 Å². The molecule has 1 aromatic heterocycles. The van der Waals surface area contributed by atoms with Gasteiger partial charge in [0.25, 0.3) is 5.91 Å². The second-order valence-electron chi connectivity index (χ2n) is 5.83. The average molecular weight is 358 g/mol. The standard InChI is InChI=1S/C18H18N2O6/c21-16(20-5-7-25-8-6-20)9-12-1-3-14(4-2-12)19-17(22)15-10-13(11-26-15)18(23)24/h1-4,10-11H,5-9H2,(H,19,22)(H,23,24). The maximum atomic E-state index is 12.2. The van der Waals surface area contributed by atoms with Crippen LogP contribution in [0.3, 0.4) is 0 Å². The molecule has 0 atom stereocenters. The van der Waals surface area contributed by atoms with Crippen LogP contribution in [0.25, 0.3) is 0 Å². The zero-order valence-electron chi connectivity index (χ0n) is 13.9. The Labute approximate surface area is 149 Å². The molecule has 0 radical (unpaired) electrons. The van der Waals surface area contributed by atoms with E-state index in [1.165, 1.54) is 0 Å². The van der Waals surface area contributed by atoms with Crippen molar-refractivity contribution in [3.63, 3.8) is 0 Å². The highest BCUT2D eigenvalue weighted by Crippen LogP contribution is 2.14. The van der Waals surface area contributed by atoms with Crippen molar-refractivity contribution in [3.8, 4) is 0 Å². The predicted octanol–water partition coefficient (Wildman–Crippen LogP) is 1.63. The lowest BCUT2D eigenvalue weighted by atomic mass is 10.1. The number of aromatic carboxylic acids is 1. The Balaban J connectivity index is 1.57. The van der Waals surface area contributed by atoms with E-state index in [1.54, 1.807) is 29.2 Å².